The number of rotatable bonds is 6. The van der Waals surface area contributed by atoms with Crippen LogP contribution in [0.4, 0.5) is 0 Å². The van der Waals surface area contributed by atoms with Crippen LogP contribution in [0.15, 0.2) is 0 Å². The Hall–Kier alpha value is -0.610. The van der Waals surface area contributed by atoms with Crippen molar-refractivity contribution in [3.8, 4) is 0 Å². The largest absolute Gasteiger partial charge is 0.479 e. The first-order valence-corrected chi connectivity index (χ1v) is 4.36. The summed E-state index contributed by atoms with van der Waals surface area (Å²) in [5.41, 5.74) is -1.23. The van der Waals surface area contributed by atoms with E-state index in [0.717, 1.165) is 6.42 Å². The molecule has 4 heteroatoms. The fourth-order valence-electron chi connectivity index (χ4n) is 0.949. The van der Waals surface area contributed by atoms with Crippen LogP contribution in [-0.4, -0.2) is 36.5 Å². The predicted octanol–water partition coefficient (Wildman–Crippen LogP) is 1.29. The third kappa shape index (κ3) is 3.74. The molecular weight excluding hydrogens is 172 g/mol. The average Bonchev–Trinajstić information content (AvgIpc) is 2.04. The van der Waals surface area contributed by atoms with Crippen molar-refractivity contribution < 1.29 is 19.4 Å². The van der Waals surface area contributed by atoms with Gasteiger partial charge in [0.2, 0.25) is 0 Å². The van der Waals surface area contributed by atoms with Crippen LogP contribution in [0.5, 0.6) is 0 Å². The minimum atomic E-state index is -1.23. The highest BCUT2D eigenvalue weighted by Gasteiger charge is 2.35. The molecule has 1 N–H and O–H groups in total. The van der Waals surface area contributed by atoms with E-state index in [2.05, 4.69) is 0 Å². The molecule has 0 aromatic rings. The minimum absolute atomic E-state index is 0.0622. The minimum Gasteiger partial charge on any atom is -0.479 e. The van der Waals surface area contributed by atoms with Crippen molar-refractivity contribution in [3.63, 3.8) is 0 Å². The van der Waals surface area contributed by atoms with E-state index in [1.54, 1.807) is 0 Å². The van der Waals surface area contributed by atoms with Gasteiger partial charge in [0, 0.05) is 7.11 Å². The summed E-state index contributed by atoms with van der Waals surface area (Å²) in [6, 6.07) is 0. The van der Waals surface area contributed by atoms with Gasteiger partial charge in [-0.15, -0.1) is 0 Å². The lowest BCUT2D eigenvalue weighted by atomic mass is 10.1. The number of hydrogen-bond donors (Lipinski definition) is 1. The number of carboxylic acids is 1. The van der Waals surface area contributed by atoms with Gasteiger partial charge in [-0.2, -0.15) is 0 Å². The standard InChI is InChI=1S/C9H18O4/c1-5-7(2)13-9(3,6-12-4)8(10)11/h7H,5-6H2,1-4H3,(H,10,11). The SMILES string of the molecule is CCC(C)OC(C)(COC)C(=O)O. The first kappa shape index (κ1) is 12.4. The predicted molar refractivity (Wildman–Crippen MR) is 48.8 cm³/mol. The lowest BCUT2D eigenvalue weighted by molar-refractivity contribution is -0.178. The molecule has 0 bridgehead atoms. The Kier molecular flexibility index (Phi) is 4.95. The molecule has 13 heavy (non-hydrogen) atoms. The molecule has 0 fully saturated rings. The van der Waals surface area contributed by atoms with Gasteiger partial charge >= 0.3 is 5.97 Å². The summed E-state index contributed by atoms with van der Waals surface area (Å²) < 4.78 is 10.2. The maximum absolute atomic E-state index is 10.9. The number of carbonyl (C=O) groups is 1. The van der Waals surface area contributed by atoms with E-state index in [4.69, 9.17) is 14.6 Å². The molecule has 2 unspecified atom stereocenters. The highest BCUT2D eigenvalue weighted by Crippen LogP contribution is 2.15. The molecule has 0 aliphatic carbocycles. The van der Waals surface area contributed by atoms with Gasteiger partial charge in [0.1, 0.15) is 0 Å². The van der Waals surface area contributed by atoms with Crippen molar-refractivity contribution in [1.29, 1.82) is 0 Å². The van der Waals surface area contributed by atoms with Crippen molar-refractivity contribution in [2.24, 2.45) is 0 Å². The Morgan fingerprint density at radius 1 is 1.62 bits per heavy atom. The van der Waals surface area contributed by atoms with E-state index in [-0.39, 0.29) is 12.7 Å². The summed E-state index contributed by atoms with van der Waals surface area (Å²) in [5.74, 6) is -0.991. The normalized spacial score (nSPS) is 17.8. The van der Waals surface area contributed by atoms with Crippen molar-refractivity contribution in [3.05, 3.63) is 0 Å². The summed E-state index contributed by atoms with van der Waals surface area (Å²) in [6.45, 7) is 5.37. The molecule has 0 aromatic carbocycles. The number of carboxylic acid groups (broad SMARTS) is 1. The monoisotopic (exact) mass is 190 g/mol. The third-order valence-corrected chi connectivity index (χ3v) is 1.91. The van der Waals surface area contributed by atoms with Gasteiger partial charge in [-0.25, -0.2) is 4.79 Å². The fraction of sp³-hybridized carbons (Fsp3) is 0.889. The number of hydrogen-bond acceptors (Lipinski definition) is 3. The molecule has 0 amide bonds. The summed E-state index contributed by atoms with van der Waals surface area (Å²) in [7, 11) is 1.46. The molecule has 78 valence electrons. The zero-order valence-corrected chi connectivity index (χ0v) is 8.66. The smallest absolute Gasteiger partial charge is 0.338 e. The number of methoxy groups -OCH3 is 1. The van der Waals surface area contributed by atoms with Crippen LogP contribution in [0, 0.1) is 0 Å². The van der Waals surface area contributed by atoms with Crippen LogP contribution in [0.25, 0.3) is 0 Å². The first-order chi connectivity index (χ1) is 5.96. The molecule has 0 saturated heterocycles. The quantitative estimate of drug-likeness (QED) is 0.685. The Morgan fingerprint density at radius 3 is 2.46 bits per heavy atom. The van der Waals surface area contributed by atoms with E-state index >= 15 is 0 Å². The number of aliphatic carboxylic acids is 1. The maximum Gasteiger partial charge on any atom is 0.338 e. The van der Waals surface area contributed by atoms with Gasteiger partial charge in [-0.1, -0.05) is 6.92 Å². The van der Waals surface area contributed by atoms with Crippen LogP contribution in [0.3, 0.4) is 0 Å². The lowest BCUT2D eigenvalue weighted by Gasteiger charge is -2.27. The van der Waals surface area contributed by atoms with E-state index < -0.39 is 11.6 Å². The third-order valence-electron chi connectivity index (χ3n) is 1.91. The Balaban J connectivity index is 4.32. The molecule has 0 heterocycles. The van der Waals surface area contributed by atoms with E-state index in [1.165, 1.54) is 14.0 Å². The summed E-state index contributed by atoms with van der Waals surface area (Å²) in [5, 5.41) is 8.90. The second-order valence-corrected chi connectivity index (χ2v) is 3.31. The molecule has 0 spiro atoms. The molecule has 0 rings (SSSR count). The van der Waals surface area contributed by atoms with Gasteiger partial charge < -0.3 is 14.6 Å². The van der Waals surface area contributed by atoms with Gasteiger partial charge in [0.25, 0.3) is 0 Å². The van der Waals surface area contributed by atoms with Gasteiger partial charge in [0.05, 0.1) is 12.7 Å². The second-order valence-electron chi connectivity index (χ2n) is 3.31. The van der Waals surface area contributed by atoms with Crippen LogP contribution >= 0.6 is 0 Å². The fourth-order valence-corrected chi connectivity index (χ4v) is 0.949. The molecule has 2 atom stereocenters. The molecule has 4 nitrogen and oxygen atoms in total. The lowest BCUT2D eigenvalue weighted by Crippen LogP contribution is -2.44. The van der Waals surface area contributed by atoms with Crippen molar-refractivity contribution in [2.45, 2.75) is 38.9 Å². The molecule has 0 radical (unpaired) electrons. The molecule has 0 aliphatic heterocycles. The maximum atomic E-state index is 10.9. The van der Waals surface area contributed by atoms with Gasteiger partial charge in [0.15, 0.2) is 5.60 Å². The van der Waals surface area contributed by atoms with Crippen LogP contribution in [0.1, 0.15) is 27.2 Å². The molecule has 0 aliphatic rings. The Bertz CT molecular complexity index is 169. The van der Waals surface area contributed by atoms with E-state index in [9.17, 15) is 4.79 Å². The van der Waals surface area contributed by atoms with Crippen molar-refractivity contribution in [1.82, 2.24) is 0 Å². The summed E-state index contributed by atoms with van der Waals surface area (Å²) >= 11 is 0. The molecule has 0 aromatic heterocycles. The molecule has 0 saturated carbocycles. The van der Waals surface area contributed by atoms with Crippen LogP contribution in [-0.2, 0) is 14.3 Å². The van der Waals surface area contributed by atoms with Crippen molar-refractivity contribution in [2.75, 3.05) is 13.7 Å². The zero-order valence-electron chi connectivity index (χ0n) is 8.66. The average molecular weight is 190 g/mol. The van der Waals surface area contributed by atoms with E-state index in [0.29, 0.717) is 0 Å². The van der Waals surface area contributed by atoms with Crippen LogP contribution < -0.4 is 0 Å². The summed E-state index contributed by atoms with van der Waals surface area (Å²) in [4.78, 5) is 10.9. The van der Waals surface area contributed by atoms with Crippen molar-refractivity contribution >= 4 is 5.97 Å². The first-order valence-electron chi connectivity index (χ1n) is 4.36. The van der Waals surface area contributed by atoms with Gasteiger partial charge in [-0.05, 0) is 20.3 Å². The molecular formula is C9H18O4. The zero-order chi connectivity index (χ0) is 10.5. The highest BCUT2D eigenvalue weighted by atomic mass is 16.6. The second kappa shape index (κ2) is 5.19. The van der Waals surface area contributed by atoms with E-state index in [1.807, 2.05) is 13.8 Å². The number of ether oxygens (including phenoxy) is 2. The van der Waals surface area contributed by atoms with Crippen LogP contribution in [0.2, 0.25) is 0 Å². The topological polar surface area (TPSA) is 55.8 Å². The summed E-state index contributed by atoms with van der Waals surface area (Å²) in [6.07, 6.45) is 0.711. The highest BCUT2D eigenvalue weighted by molar-refractivity contribution is 5.77. The Labute approximate surface area is 78.8 Å². The Morgan fingerprint density at radius 2 is 2.15 bits per heavy atom. The van der Waals surface area contributed by atoms with Gasteiger partial charge in [-0.3, -0.25) is 0 Å².